The molecule has 2 aromatic rings. The van der Waals surface area contributed by atoms with Gasteiger partial charge >= 0.3 is 12.3 Å². The fraction of sp³-hybridized carbons (Fsp3) is 0.381. The van der Waals surface area contributed by atoms with E-state index in [2.05, 4.69) is 9.72 Å². The van der Waals surface area contributed by atoms with E-state index in [1.165, 1.54) is 12.1 Å². The molecule has 1 fully saturated rings. The number of aromatic nitrogens is 1. The lowest BCUT2D eigenvalue weighted by Crippen LogP contribution is -2.33. The second-order valence-electron chi connectivity index (χ2n) is 7.13. The SMILES string of the molecule is O=C(c1cc(Cl)c(COc2cnc(OCC(F)(F)C(F)F)c(Cl)c2)cc1F)N1CCCC1.O=CO. The number of carboxylic acid groups (broad SMARTS) is 1. The number of ether oxygens (including phenoxy) is 2. The molecule has 35 heavy (non-hydrogen) atoms. The van der Waals surface area contributed by atoms with Crippen molar-refractivity contribution in [2.75, 3.05) is 19.7 Å². The van der Waals surface area contributed by atoms with Gasteiger partial charge in [-0.25, -0.2) is 18.2 Å². The highest BCUT2D eigenvalue weighted by Gasteiger charge is 2.42. The monoisotopic (exact) mass is 544 g/mol. The smallest absolute Gasteiger partial charge is 0.340 e. The van der Waals surface area contributed by atoms with Gasteiger partial charge in [-0.05, 0) is 25.0 Å². The number of likely N-dealkylation sites (tertiary alicyclic amines) is 1. The molecular weight excluding hydrogens is 526 g/mol. The fourth-order valence-electron chi connectivity index (χ4n) is 2.93. The van der Waals surface area contributed by atoms with Gasteiger partial charge in [-0.2, -0.15) is 8.78 Å². The van der Waals surface area contributed by atoms with Gasteiger partial charge in [-0.3, -0.25) is 9.59 Å². The van der Waals surface area contributed by atoms with Crippen LogP contribution in [0, 0.1) is 5.82 Å². The van der Waals surface area contributed by atoms with Crippen LogP contribution in [0.25, 0.3) is 0 Å². The van der Waals surface area contributed by atoms with Gasteiger partial charge < -0.3 is 19.5 Å². The lowest BCUT2D eigenvalue weighted by atomic mass is 10.1. The number of hydrogen-bond donors (Lipinski definition) is 1. The van der Waals surface area contributed by atoms with Gasteiger partial charge in [0.05, 0.1) is 11.8 Å². The molecule has 1 aromatic carbocycles. The molecule has 1 aliphatic rings. The van der Waals surface area contributed by atoms with E-state index in [9.17, 15) is 26.7 Å². The first-order valence-electron chi connectivity index (χ1n) is 9.92. The van der Waals surface area contributed by atoms with Crippen LogP contribution in [0.5, 0.6) is 11.6 Å². The minimum atomic E-state index is -4.36. The van der Waals surface area contributed by atoms with E-state index in [0.717, 1.165) is 25.1 Å². The van der Waals surface area contributed by atoms with Crippen molar-refractivity contribution < 1.29 is 46.1 Å². The Balaban J connectivity index is 0.00000137. The Morgan fingerprint density at radius 3 is 2.37 bits per heavy atom. The highest BCUT2D eigenvalue weighted by Crippen LogP contribution is 2.30. The van der Waals surface area contributed by atoms with Crippen LogP contribution in [0.4, 0.5) is 22.0 Å². The number of hydrogen-bond acceptors (Lipinski definition) is 5. The number of halogens is 7. The van der Waals surface area contributed by atoms with Gasteiger partial charge in [-0.1, -0.05) is 23.2 Å². The summed E-state index contributed by atoms with van der Waals surface area (Å²) in [6.45, 7) is -0.938. The van der Waals surface area contributed by atoms with E-state index in [1.807, 2.05) is 0 Å². The van der Waals surface area contributed by atoms with Gasteiger partial charge in [0.25, 0.3) is 12.4 Å². The molecule has 1 saturated heterocycles. The summed E-state index contributed by atoms with van der Waals surface area (Å²) in [6, 6.07) is 3.49. The van der Waals surface area contributed by atoms with Crippen LogP contribution in [0.1, 0.15) is 28.8 Å². The van der Waals surface area contributed by atoms with Crippen LogP contribution >= 0.6 is 23.2 Å². The molecule has 0 aliphatic carbocycles. The summed E-state index contributed by atoms with van der Waals surface area (Å²) < 4.78 is 74.8. The van der Waals surface area contributed by atoms with Gasteiger partial charge in [0, 0.05) is 29.7 Å². The largest absolute Gasteiger partial charge is 0.487 e. The van der Waals surface area contributed by atoms with Gasteiger partial charge in [0.2, 0.25) is 5.88 Å². The number of benzene rings is 1. The lowest BCUT2D eigenvalue weighted by molar-refractivity contribution is -0.148. The van der Waals surface area contributed by atoms with Crippen molar-refractivity contribution in [3.05, 3.63) is 51.4 Å². The predicted molar refractivity (Wildman–Crippen MR) is 115 cm³/mol. The maximum Gasteiger partial charge on any atom is 0.340 e. The number of carbonyl (C=O) groups is 2. The van der Waals surface area contributed by atoms with E-state index in [-0.39, 0.29) is 40.0 Å². The van der Waals surface area contributed by atoms with E-state index >= 15 is 0 Å². The quantitative estimate of drug-likeness (QED) is 0.357. The molecule has 1 aliphatic heterocycles. The zero-order chi connectivity index (χ0) is 26.2. The number of nitrogens with zero attached hydrogens (tertiary/aromatic N) is 2. The molecule has 2 heterocycles. The molecule has 192 valence electrons. The molecule has 14 heteroatoms. The Kier molecular flexibility index (Phi) is 10.3. The second kappa shape index (κ2) is 12.7. The third-order valence-electron chi connectivity index (χ3n) is 4.66. The maximum absolute atomic E-state index is 14.5. The third kappa shape index (κ3) is 7.82. The van der Waals surface area contributed by atoms with Crippen molar-refractivity contribution in [1.29, 1.82) is 0 Å². The average molecular weight is 545 g/mol. The molecule has 0 radical (unpaired) electrons. The number of rotatable bonds is 8. The average Bonchev–Trinajstić information content (AvgIpc) is 3.34. The molecule has 1 amide bonds. The molecule has 7 nitrogen and oxygen atoms in total. The Labute approximate surface area is 206 Å². The lowest BCUT2D eigenvalue weighted by Gasteiger charge is -2.17. The summed E-state index contributed by atoms with van der Waals surface area (Å²) in [4.78, 5) is 26.0. The van der Waals surface area contributed by atoms with Crippen molar-refractivity contribution in [3.63, 3.8) is 0 Å². The normalized spacial score (nSPS) is 13.3. The Hall–Kier alpha value is -2.86. The minimum Gasteiger partial charge on any atom is -0.487 e. The van der Waals surface area contributed by atoms with E-state index in [4.69, 9.17) is 37.8 Å². The summed E-state index contributed by atoms with van der Waals surface area (Å²) in [5, 5.41) is 6.75. The number of alkyl halides is 4. The van der Waals surface area contributed by atoms with Gasteiger partial charge in [0.15, 0.2) is 6.61 Å². The van der Waals surface area contributed by atoms with Crippen LogP contribution < -0.4 is 9.47 Å². The van der Waals surface area contributed by atoms with E-state index in [1.54, 1.807) is 4.90 Å². The van der Waals surface area contributed by atoms with Gasteiger partial charge in [-0.15, -0.1) is 0 Å². The standard InChI is InChI=1S/C20H17Cl2F5N2O3.CH2O2/c21-14-7-13(18(30)29-3-1-2-4-29)16(23)5-11(14)9-31-12-6-15(22)17(28-8-12)32-10-20(26,27)19(24)25;2-1-3/h5-8,19H,1-4,9-10H2;1H,(H,2,3). The molecule has 0 saturated carbocycles. The van der Waals surface area contributed by atoms with Crippen LogP contribution in [0.2, 0.25) is 10.0 Å². The maximum atomic E-state index is 14.5. The number of pyridine rings is 1. The predicted octanol–water partition coefficient (Wildman–Crippen LogP) is 5.32. The van der Waals surface area contributed by atoms with Crippen LogP contribution in [0.3, 0.4) is 0 Å². The Morgan fingerprint density at radius 2 is 1.80 bits per heavy atom. The molecule has 0 bridgehead atoms. The summed E-state index contributed by atoms with van der Waals surface area (Å²) in [5.41, 5.74) is 0.114. The molecule has 1 N–H and O–H groups in total. The van der Waals surface area contributed by atoms with Crippen LogP contribution in [0.15, 0.2) is 24.4 Å². The van der Waals surface area contributed by atoms with Crippen LogP contribution in [-0.4, -0.2) is 59.4 Å². The highest BCUT2D eigenvalue weighted by atomic mass is 35.5. The summed E-state index contributed by atoms with van der Waals surface area (Å²) in [6.07, 6.45) is -1.10. The van der Waals surface area contributed by atoms with Crippen molar-refractivity contribution >= 4 is 35.6 Å². The summed E-state index contributed by atoms with van der Waals surface area (Å²) in [5.74, 6) is -5.95. The summed E-state index contributed by atoms with van der Waals surface area (Å²) >= 11 is 12.0. The van der Waals surface area contributed by atoms with E-state index in [0.29, 0.717) is 13.1 Å². The molecule has 3 rings (SSSR count). The van der Waals surface area contributed by atoms with Crippen molar-refractivity contribution in [3.8, 4) is 11.6 Å². The first-order chi connectivity index (χ1) is 16.5. The Morgan fingerprint density at radius 1 is 1.17 bits per heavy atom. The number of amides is 1. The zero-order valence-electron chi connectivity index (χ0n) is 17.8. The van der Waals surface area contributed by atoms with Crippen LogP contribution in [-0.2, 0) is 11.4 Å². The summed E-state index contributed by atoms with van der Waals surface area (Å²) in [7, 11) is 0. The molecule has 0 spiro atoms. The topological polar surface area (TPSA) is 89.0 Å². The van der Waals surface area contributed by atoms with Crippen molar-refractivity contribution in [2.24, 2.45) is 0 Å². The first kappa shape index (κ1) is 28.4. The van der Waals surface area contributed by atoms with E-state index < -0.39 is 36.6 Å². The fourth-order valence-corrected chi connectivity index (χ4v) is 3.36. The first-order valence-corrected chi connectivity index (χ1v) is 10.7. The molecular formula is C21H19Cl2F5N2O5. The third-order valence-corrected chi connectivity index (χ3v) is 5.28. The van der Waals surface area contributed by atoms with Crippen molar-refractivity contribution in [2.45, 2.75) is 31.8 Å². The van der Waals surface area contributed by atoms with Crippen molar-refractivity contribution in [1.82, 2.24) is 9.88 Å². The zero-order valence-corrected chi connectivity index (χ0v) is 19.3. The second-order valence-corrected chi connectivity index (χ2v) is 7.94. The highest BCUT2D eigenvalue weighted by molar-refractivity contribution is 6.32. The molecule has 0 unspecified atom stereocenters. The minimum absolute atomic E-state index is 0.0664. The molecule has 1 aromatic heterocycles. The number of carbonyl (C=O) groups excluding carboxylic acids is 1. The molecule has 0 atom stereocenters. The Bertz CT molecular complexity index is 1040. The van der Waals surface area contributed by atoms with Gasteiger partial charge in [0.1, 0.15) is 23.2 Å².